The number of imidazole rings is 1. The number of alkyl halides is 3. The van der Waals surface area contributed by atoms with Gasteiger partial charge in [0, 0.05) is 13.0 Å². The third-order valence-electron chi connectivity index (χ3n) is 3.65. The minimum atomic E-state index is -4.66. The summed E-state index contributed by atoms with van der Waals surface area (Å²) in [5, 5.41) is 0. The van der Waals surface area contributed by atoms with E-state index in [4.69, 9.17) is 9.57 Å². The number of nitrogens with zero attached hydrogens (tertiary/aromatic N) is 2. The first-order valence-corrected chi connectivity index (χ1v) is 7.54. The van der Waals surface area contributed by atoms with Crippen LogP contribution < -0.4 is 5.48 Å². The summed E-state index contributed by atoms with van der Waals surface area (Å²) < 4.78 is 45.5. The molecule has 0 unspecified atom stereocenters. The summed E-state index contributed by atoms with van der Waals surface area (Å²) in [5.74, 6) is -1.83. The van der Waals surface area contributed by atoms with Crippen LogP contribution in [0.25, 0.3) is 11.0 Å². The quantitative estimate of drug-likeness (QED) is 0.867. The minimum Gasteiger partial charge on any atom is -0.350 e. The van der Waals surface area contributed by atoms with Crippen LogP contribution in [0.5, 0.6) is 0 Å². The highest BCUT2D eigenvalue weighted by Gasteiger charge is 2.38. The fraction of sp³-hybridized carbons (Fsp3) is 0.467. The normalized spacial score (nSPS) is 18.7. The zero-order valence-electron chi connectivity index (χ0n) is 12.7. The predicted molar refractivity (Wildman–Crippen MR) is 77.6 cm³/mol. The minimum absolute atomic E-state index is 0.175. The molecule has 0 aliphatic carbocycles. The van der Waals surface area contributed by atoms with E-state index in [9.17, 15) is 18.0 Å². The SMILES string of the molecule is O=C(Cn1c(C(F)(F)F)nc2ccccc21)NO[C@@H]1CCCCO1. The lowest BCUT2D eigenvalue weighted by atomic mass is 10.2. The molecule has 3 rings (SSSR count). The maximum atomic E-state index is 13.1. The predicted octanol–water partition coefficient (Wildman–Crippen LogP) is 2.63. The number of rotatable bonds is 4. The van der Waals surface area contributed by atoms with Gasteiger partial charge >= 0.3 is 6.18 Å². The number of para-hydroxylation sites is 2. The lowest BCUT2D eigenvalue weighted by Crippen LogP contribution is -2.35. The average molecular weight is 343 g/mol. The Kier molecular flexibility index (Phi) is 4.72. The zero-order valence-corrected chi connectivity index (χ0v) is 12.7. The number of hydrogen-bond donors (Lipinski definition) is 1. The van der Waals surface area contributed by atoms with Crippen LogP contribution in [0.2, 0.25) is 0 Å². The Balaban J connectivity index is 1.74. The Morgan fingerprint density at radius 1 is 1.38 bits per heavy atom. The van der Waals surface area contributed by atoms with Crippen molar-refractivity contribution in [3.8, 4) is 0 Å². The molecule has 1 N–H and O–H groups in total. The highest BCUT2D eigenvalue weighted by molar-refractivity contribution is 5.80. The molecule has 1 fully saturated rings. The zero-order chi connectivity index (χ0) is 17.2. The molecule has 0 spiro atoms. The Bertz CT molecular complexity index is 724. The van der Waals surface area contributed by atoms with Gasteiger partial charge in [-0.15, -0.1) is 0 Å². The summed E-state index contributed by atoms with van der Waals surface area (Å²) in [5.41, 5.74) is 2.56. The van der Waals surface area contributed by atoms with E-state index in [0.717, 1.165) is 17.4 Å². The first kappa shape index (κ1) is 16.7. The van der Waals surface area contributed by atoms with E-state index >= 15 is 0 Å². The molecule has 24 heavy (non-hydrogen) atoms. The molecule has 0 saturated carbocycles. The number of fused-ring (bicyclic) bond motifs is 1. The van der Waals surface area contributed by atoms with E-state index in [2.05, 4.69) is 10.5 Å². The van der Waals surface area contributed by atoms with Gasteiger partial charge in [0.15, 0.2) is 6.29 Å². The summed E-state index contributed by atoms with van der Waals surface area (Å²) in [7, 11) is 0. The van der Waals surface area contributed by atoms with Gasteiger partial charge < -0.3 is 9.30 Å². The molecule has 130 valence electrons. The summed E-state index contributed by atoms with van der Waals surface area (Å²) >= 11 is 0. The monoisotopic (exact) mass is 343 g/mol. The molecule has 9 heteroatoms. The Hall–Kier alpha value is -2.13. The number of amides is 1. The summed E-state index contributed by atoms with van der Waals surface area (Å²) in [6.07, 6.45) is -2.77. The fourth-order valence-corrected chi connectivity index (χ4v) is 2.56. The number of hydrogen-bond acceptors (Lipinski definition) is 4. The van der Waals surface area contributed by atoms with Crippen molar-refractivity contribution in [2.24, 2.45) is 0 Å². The lowest BCUT2D eigenvalue weighted by Gasteiger charge is -2.22. The van der Waals surface area contributed by atoms with Gasteiger partial charge in [-0.2, -0.15) is 13.2 Å². The van der Waals surface area contributed by atoms with Gasteiger partial charge in [0.2, 0.25) is 5.82 Å². The third-order valence-corrected chi connectivity index (χ3v) is 3.65. The van der Waals surface area contributed by atoms with E-state index in [1.165, 1.54) is 12.1 Å². The number of hydroxylamine groups is 1. The van der Waals surface area contributed by atoms with Crippen molar-refractivity contribution in [1.29, 1.82) is 0 Å². The van der Waals surface area contributed by atoms with E-state index < -0.39 is 30.7 Å². The van der Waals surface area contributed by atoms with Crippen molar-refractivity contribution in [3.05, 3.63) is 30.1 Å². The molecule has 0 bridgehead atoms. The largest absolute Gasteiger partial charge is 0.449 e. The van der Waals surface area contributed by atoms with Crippen LogP contribution >= 0.6 is 0 Å². The molecule has 6 nitrogen and oxygen atoms in total. The van der Waals surface area contributed by atoms with Crippen LogP contribution in [0, 0.1) is 0 Å². The summed E-state index contributed by atoms with van der Waals surface area (Å²) in [6, 6.07) is 6.12. The van der Waals surface area contributed by atoms with E-state index in [1.54, 1.807) is 12.1 Å². The second kappa shape index (κ2) is 6.78. The molecule has 1 aliphatic heterocycles. The summed E-state index contributed by atoms with van der Waals surface area (Å²) in [6.45, 7) is -0.0208. The molecule has 1 atom stereocenters. The van der Waals surface area contributed by atoms with E-state index in [1.807, 2.05) is 0 Å². The second-order valence-corrected chi connectivity index (χ2v) is 5.45. The van der Waals surface area contributed by atoms with Gasteiger partial charge in [-0.3, -0.25) is 4.79 Å². The van der Waals surface area contributed by atoms with Crippen LogP contribution in [-0.4, -0.2) is 28.4 Å². The Morgan fingerprint density at radius 2 is 2.17 bits per heavy atom. The fourth-order valence-electron chi connectivity index (χ4n) is 2.56. The smallest absolute Gasteiger partial charge is 0.350 e. The van der Waals surface area contributed by atoms with Crippen LogP contribution in [0.4, 0.5) is 13.2 Å². The highest BCUT2D eigenvalue weighted by Crippen LogP contribution is 2.31. The molecule has 2 aromatic rings. The number of aromatic nitrogens is 2. The Morgan fingerprint density at radius 3 is 2.88 bits per heavy atom. The molecular formula is C15H16F3N3O3. The highest BCUT2D eigenvalue weighted by atomic mass is 19.4. The molecule has 1 aromatic heterocycles. The van der Waals surface area contributed by atoms with Gasteiger partial charge in [0.05, 0.1) is 11.0 Å². The standard InChI is InChI=1S/C15H16F3N3O3/c16-15(17,18)14-19-10-5-1-2-6-11(10)21(14)9-12(22)20-24-13-7-3-4-8-23-13/h1-2,5-6,13H,3-4,7-9H2,(H,20,22)/t13-/m1/s1. The first-order chi connectivity index (χ1) is 11.4. The van der Waals surface area contributed by atoms with Crippen molar-refractivity contribution in [3.63, 3.8) is 0 Å². The molecule has 0 radical (unpaired) electrons. The molecular weight excluding hydrogens is 327 g/mol. The molecule has 1 amide bonds. The van der Waals surface area contributed by atoms with Crippen molar-refractivity contribution in [1.82, 2.24) is 15.0 Å². The van der Waals surface area contributed by atoms with Gasteiger partial charge in [0.25, 0.3) is 5.91 Å². The van der Waals surface area contributed by atoms with Crippen molar-refractivity contribution in [2.75, 3.05) is 6.61 Å². The number of benzene rings is 1. The maximum Gasteiger partial charge on any atom is 0.449 e. The molecule has 1 aliphatic rings. The van der Waals surface area contributed by atoms with Crippen molar-refractivity contribution < 1.29 is 27.5 Å². The van der Waals surface area contributed by atoms with Crippen molar-refractivity contribution >= 4 is 16.9 Å². The number of carbonyl (C=O) groups is 1. The first-order valence-electron chi connectivity index (χ1n) is 7.54. The maximum absolute atomic E-state index is 13.1. The second-order valence-electron chi connectivity index (χ2n) is 5.45. The van der Waals surface area contributed by atoms with Gasteiger partial charge in [-0.05, 0) is 25.0 Å². The van der Waals surface area contributed by atoms with Gasteiger partial charge in [-0.25, -0.2) is 15.3 Å². The van der Waals surface area contributed by atoms with Crippen LogP contribution in [-0.2, 0) is 27.1 Å². The van der Waals surface area contributed by atoms with E-state index in [0.29, 0.717) is 13.0 Å². The number of carbonyl (C=O) groups excluding carboxylic acids is 1. The number of halogens is 3. The molecule has 2 heterocycles. The van der Waals surface area contributed by atoms with Crippen molar-refractivity contribution in [2.45, 2.75) is 38.3 Å². The lowest BCUT2D eigenvalue weighted by molar-refractivity contribution is -0.200. The van der Waals surface area contributed by atoms with Crippen LogP contribution in [0.1, 0.15) is 25.1 Å². The third kappa shape index (κ3) is 3.68. The van der Waals surface area contributed by atoms with Gasteiger partial charge in [0.1, 0.15) is 6.54 Å². The van der Waals surface area contributed by atoms with Gasteiger partial charge in [-0.1, -0.05) is 12.1 Å². The number of ether oxygens (including phenoxy) is 1. The van der Waals surface area contributed by atoms with Crippen LogP contribution in [0.3, 0.4) is 0 Å². The van der Waals surface area contributed by atoms with E-state index in [-0.39, 0.29) is 11.0 Å². The van der Waals surface area contributed by atoms with Crippen LogP contribution in [0.15, 0.2) is 24.3 Å². The molecule has 1 saturated heterocycles. The Labute approximate surface area is 135 Å². The number of nitrogens with one attached hydrogen (secondary N) is 1. The molecule has 1 aromatic carbocycles. The topological polar surface area (TPSA) is 65.4 Å². The summed E-state index contributed by atoms with van der Waals surface area (Å²) in [4.78, 5) is 20.6. The average Bonchev–Trinajstić information content (AvgIpc) is 2.93.